The first-order valence-corrected chi connectivity index (χ1v) is 6.54. The van der Waals surface area contributed by atoms with Crippen LogP contribution in [0.3, 0.4) is 0 Å². The molecular formula is C12H13ClOS. The van der Waals surface area contributed by atoms with Gasteiger partial charge in [0, 0.05) is 5.56 Å². The first-order chi connectivity index (χ1) is 7.20. The van der Waals surface area contributed by atoms with Gasteiger partial charge in [0.2, 0.25) is 0 Å². The molecule has 1 atom stereocenters. The van der Waals surface area contributed by atoms with Gasteiger partial charge in [-0.1, -0.05) is 23.7 Å². The van der Waals surface area contributed by atoms with E-state index in [4.69, 9.17) is 11.6 Å². The molecule has 1 unspecified atom stereocenters. The van der Waals surface area contributed by atoms with E-state index in [-0.39, 0.29) is 11.0 Å². The van der Waals surface area contributed by atoms with Crippen molar-refractivity contribution in [3.05, 3.63) is 34.3 Å². The fourth-order valence-corrected chi connectivity index (χ4v) is 3.24. The predicted octanol–water partition coefficient (Wildman–Crippen LogP) is 3.73. The van der Waals surface area contributed by atoms with Crippen molar-refractivity contribution in [3.8, 4) is 0 Å². The summed E-state index contributed by atoms with van der Waals surface area (Å²) in [5.41, 5.74) is 1.67. The van der Waals surface area contributed by atoms with Gasteiger partial charge in [-0.25, -0.2) is 0 Å². The molecular weight excluding hydrogens is 228 g/mol. The van der Waals surface area contributed by atoms with Crippen LogP contribution in [0.2, 0.25) is 5.02 Å². The molecule has 1 aliphatic rings. The standard InChI is InChI=1S/C12H13ClOS/c1-8-4-2-5-9(11(8)13)12(14)10-6-3-7-15-10/h2,4-5,10H,3,6-7H2,1H3. The lowest BCUT2D eigenvalue weighted by molar-refractivity contribution is 0.0988. The molecule has 0 aromatic heterocycles. The number of ketones is 1. The van der Waals surface area contributed by atoms with Crippen molar-refractivity contribution in [2.24, 2.45) is 0 Å². The molecule has 3 heteroatoms. The van der Waals surface area contributed by atoms with Crippen LogP contribution in [-0.4, -0.2) is 16.8 Å². The Labute approximate surface area is 99.2 Å². The number of hydrogen-bond donors (Lipinski definition) is 0. The highest BCUT2D eigenvalue weighted by atomic mass is 35.5. The lowest BCUT2D eigenvalue weighted by Gasteiger charge is -2.10. The lowest BCUT2D eigenvalue weighted by Crippen LogP contribution is -2.14. The monoisotopic (exact) mass is 240 g/mol. The van der Waals surface area contributed by atoms with E-state index in [1.165, 1.54) is 0 Å². The summed E-state index contributed by atoms with van der Waals surface area (Å²) in [5.74, 6) is 1.30. The van der Waals surface area contributed by atoms with Gasteiger partial charge in [0.15, 0.2) is 5.78 Å². The Morgan fingerprint density at radius 2 is 2.33 bits per heavy atom. The van der Waals surface area contributed by atoms with Crippen molar-refractivity contribution < 1.29 is 4.79 Å². The molecule has 0 saturated carbocycles. The second-order valence-electron chi connectivity index (χ2n) is 3.80. The van der Waals surface area contributed by atoms with Gasteiger partial charge < -0.3 is 0 Å². The van der Waals surface area contributed by atoms with E-state index in [1.807, 2.05) is 25.1 Å². The van der Waals surface area contributed by atoms with Crippen LogP contribution >= 0.6 is 23.4 Å². The molecule has 0 radical (unpaired) electrons. The first kappa shape index (κ1) is 11.0. The quantitative estimate of drug-likeness (QED) is 0.733. The van der Waals surface area contributed by atoms with Gasteiger partial charge in [-0.2, -0.15) is 11.8 Å². The van der Waals surface area contributed by atoms with Crippen LogP contribution in [0.5, 0.6) is 0 Å². The summed E-state index contributed by atoms with van der Waals surface area (Å²) in [6.45, 7) is 1.93. The Kier molecular flexibility index (Phi) is 3.37. The summed E-state index contributed by atoms with van der Waals surface area (Å²) in [4.78, 5) is 12.1. The van der Waals surface area contributed by atoms with Crippen molar-refractivity contribution in [1.82, 2.24) is 0 Å². The maximum absolute atomic E-state index is 12.1. The maximum Gasteiger partial charge on any atom is 0.177 e. The largest absolute Gasteiger partial charge is 0.293 e. The fourth-order valence-electron chi connectivity index (χ4n) is 1.80. The number of halogens is 1. The van der Waals surface area contributed by atoms with Gasteiger partial charge in [0.1, 0.15) is 0 Å². The molecule has 1 nitrogen and oxygen atoms in total. The van der Waals surface area contributed by atoms with E-state index in [0.29, 0.717) is 10.6 Å². The molecule has 80 valence electrons. The highest BCUT2D eigenvalue weighted by Crippen LogP contribution is 2.31. The van der Waals surface area contributed by atoms with Gasteiger partial charge >= 0.3 is 0 Å². The maximum atomic E-state index is 12.1. The van der Waals surface area contributed by atoms with Crippen LogP contribution < -0.4 is 0 Å². The molecule has 0 spiro atoms. The SMILES string of the molecule is Cc1cccc(C(=O)C2CCCS2)c1Cl. The van der Waals surface area contributed by atoms with Crippen LogP contribution in [-0.2, 0) is 0 Å². The second-order valence-corrected chi connectivity index (χ2v) is 5.49. The van der Waals surface area contributed by atoms with Crippen molar-refractivity contribution in [2.45, 2.75) is 25.0 Å². The number of aryl methyl sites for hydroxylation is 1. The van der Waals surface area contributed by atoms with Crippen LogP contribution in [0, 0.1) is 6.92 Å². The average molecular weight is 241 g/mol. The molecule has 1 fully saturated rings. The third-order valence-electron chi connectivity index (χ3n) is 2.68. The minimum atomic E-state index is 0.129. The van der Waals surface area contributed by atoms with Gasteiger partial charge in [-0.05, 0) is 37.1 Å². The van der Waals surface area contributed by atoms with Crippen LogP contribution in [0.15, 0.2) is 18.2 Å². The fraction of sp³-hybridized carbons (Fsp3) is 0.417. The zero-order valence-electron chi connectivity index (χ0n) is 8.63. The van der Waals surface area contributed by atoms with Crippen molar-refractivity contribution in [1.29, 1.82) is 0 Å². The van der Waals surface area contributed by atoms with E-state index in [1.54, 1.807) is 11.8 Å². The molecule has 0 bridgehead atoms. The smallest absolute Gasteiger partial charge is 0.177 e. The Hall–Kier alpha value is -0.470. The molecule has 0 amide bonds. The molecule has 1 aromatic rings. The zero-order chi connectivity index (χ0) is 10.8. The van der Waals surface area contributed by atoms with E-state index >= 15 is 0 Å². The summed E-state index contributed by atoms with van der Waals surface area (Å²) < 4.78 is 0. The number of thioether (sulfide) groups is 1. The minimum Gasteiger partial charge on any atom is -0.293 e. The van der Waals surface area contributed by atoms with Gasteiger partial charge in [0.25, 0.3) is 0 Å². The van der Waals surface area contributed by atoms with E-state index in [9.17, 15) is 4.79 Å². The van der Waals surface area contributed by atoms with Crippen LogP contribution in [0.1, 0.15) is 28.8 Å². The zero-order valence-corrected chi connectivity index (χ0v) is 10.2. The second kappa shape index (κ2) is 4.58. The van der Waals surface area contributed by atoms with Gasteiger partial charge in [-0.15, -0.1) is 0 Å². The molecule has 15 heavy (non-hydrogen) atoms. The molecule has 1 aromatic carbocycles. The Morgan fingerprint density at radius 3 is 3.00 bits per heavy atom. The third kappa shape index (κ3) is 2.21. The van der Waals surface area contributed by atoms with E-state index < -0.39 is 0 Å². The number of Topliss-reactive ketones (excluding diaryl/α,β-unsaturated/α-hetero) is 1. The van der Waals surface area contributed by atoms with Crippen molar-refractivity contribution in [3.63, 3.8) is 0 Å². The summed E-state index contributed by atoms with van der Waals surface area (Å²) in [6.07, 6.45) is 2.14. The molecule has 0 aliphatic carbocycles. The van der Waals surface area contributed by atoms with Gasteiger partial charge in [-0.3, -0.25) is 4.79 Å². The number of carbonyl (C=O) groups excluding carboxylic acids is 1. The minimum absolute atomic E-state index is 0.129. The highest BCUT2D eigenvalue weighted by Gasteiger charge is 2.26. The summed E-state index contributed by atoms with van der Waals surface area (Å²) >= 11 is 7.89. The Balaban J connectivity index is 2.28. The molecule has 1 heterocycles. The number of hydrogen-bond acceptors (Lipinski definition) is 2. The van der Waals surface area contributed by atoms with Gasteiger partial charge in [0.05, 0.1) is 10.3 Å². The molecule has 0 N–H and O–H groups in total. The van der Waals surface area contributed by atoms with E-state index in [0.717, 1.165) is 24.2 Å². The predicted molar refractivity (Wildman–Crippen MR) is 66.0 cm³/mol. The summed E-state index contributed by atoms with van der Waals surface area (Å²) in [6, 6.07) is 5.66. The summed E-state index contributed by atoms with van der Waals surface area (Å²) in [7, 11) is 0. The molecule has 2 rings (SSSR count). The summed E-state index contributed by atoms with van der Waals surface area (Å²) in [5, 5.41) is 0.749. The highest BCUT2D eigenvalue weighted by molar-refractivity contribution is 8.00. The van der Waals surface area contributed by atoms with Crippen LogP contribution in [0.25, 0.3) is 0 Å². The Morgan fingerprint density at radius 1 is 1.53 bits per heavy atom. The van der Waals surface area contributed by atoms with E-state index in [2.05, 4.69) is 0 Å². The number of rotatable bonds is 2. The number of benzene rings is 1. The third-order valence-corrected chi connectivity index (χ3v) is 4.56. The molecule has 1 saturated heterocycles. The van der Waals surface area contributed by atoms with Crippen molar-refractivity contribution in [2.75, 3.05) is 5.75 Å². The normalized spacial score (nSPS) is 20.5. The average Bonchev–Trinajstić information content (AvgIpc) is 2.74. The lowest BCUT2D eigenvalue weighted by atomic mass is 10.0. The van der Waals surface area contributed by atoms with Crippen LogP contribution in [0.4, 0.5) is 0 Å². The van der Waals surface area contributed by atoms with Crippen molar-refractivity contribution >= 4 is 29.1 Å². The Bertz CT molecular complexity index is 383. The first-order valence-electron chi connectivity index (χ1n) is 5.11. The number of carbonyl (C=O) groups is 1. The molecule has 1 aliphatic heterocycles. The topological polar surface area (TPSA) is 17.1 Å².